The van der Waals surface area contributed by atoms with Crippen LogP contribution in [0.15, 0.2) is 24.3 Å². The lowest BCUT2D eigenvalue weighted by atomic mass is 10.2. The van der Waals surface area contributed by atoms with Gasteiger partial charge in [0.1, 0.15) is 5.75 Å². The Labute approximate surface area is 110 Å². The molecule has 0 bridgehead atoms. The Morgan fingerprint density at radius 2 is 2.22 bits per heavy atom. The second-order valence-electron chi connectivity index (χ2n) is 4.87. The van der Waals surface area contributed by atoms with Crippen LogP contribution in [0.5, 0.6) is 5.75 Å². The zero-order chi connectivity index (χ0) is 12.8. The predicted molar refractivity (Wildman–Crippen MR) is 75.0 cm³/mol. The number of ether oxygens (including phenoxy) is 1. The largest absolute Gasteiger partial charge is 0.496 e. The van der Waals surface area contributed by atoms with E-state index in [2.05, 4.69) is 29.3 Å². The maximum atomic E-state index is 5.36. The summed E-state index contributed by atoms with van der Waals surface area (Å²) in [4.78, 5) is 2.56. The first-order valence-corrected chi connectivity index (χ1v) is 6.91. The molecule has 0 aliphatic carbocycles. The second kappa shape index (κ2) is 6.76. The van der Waals surface area contributed by atoms with E-state index < -0.39 is 0 Å². The van der Waals surface area contributed by atoms with Gasteiger partial charge in [0, 0.05) is 24.7 Å². The van der Waals surface area contributed by atoms with Crippen LogP contribution in [0.3, 0.4) is 0 Å². The van der Waals surface area contributed by atoms with E-state index >= 15 is 0 Å². The van der Waals surface area contributed by atoms with Crippen molar-refractivity contribution in [2.75, 3.05) is 26.7 Å². The molecule has 0 spiro atoms. The fraction of sp³-hybridized carbons (Fsp3) is 0.600. The van der Waals surface area contributed by atoms with Crippen LogP contribution in [-0.2, 0) is 6.54 Å². The van der Waals surface area contributed by atoms with E-state index in [1.165, 1.54) is 31.5 Å². The van der Waals surface area contributed by atoms with E-state index in [0.29, 0.717) is 6.04 Å². The molecule has 2 rings (SSSR count). The minimum absolute atomic E-state index is 0.713. The van der Waals surface area contributed by atoms with Gasteiger partial charge in [-0.05, 0) is 32.0 Å². The second-order valence-corrected chi connectivity index (χ2v) is 4.87. The number of likely N-dealkylation sites (tertiary alicyclic amines) is 1. The van der Waals surface area contributed by atoms with Crippen LogP contribution < -0.4 is 10.1 Å². The van der Waals surface area contributed by atoms with Crippen LogP contribution in [-0.4, -0.2) is 37.7 Å². The first kappa shape index (κ1) is 13.4. The molecule has 1 aromatic rings. The number of nitrogens with one attached hydrogen (secondary N) is 1. The summed E-state index contributed by atoms with van der Waals surface area (Å²) in [5.41, 5.74) is 1.24. The molecular formula is C15H24N2O. The van der Waals surface area contributed by atoms with E-state index in [1.54, 1.807) is 7.11 Å². The van der Waals surface area contributed by atoms with Gasteiger partial charge in [0.2, 0.25) is 0 Å². The summed E-state index contributed by atoms with van der Waals surface area (Å²) >= 11 is 0. The molecule has 1 aromatic carbocycles. The molecule has 1 saturated heterocycles. The van der Waals surface area contributed by atoms with Gasteiger partial charge in [0.15, 0.2) is 0 Å². The Morgan fingerprint density at radius 3 is 3.00 bits per heavy atom. The van der Waals surface area contributed by atoms with Crippen molar-refractivity contribution in [2.24, 2.45) is 0 Å². The molecule has 100 valence electrons. The maximum absolute atomic E-state index is 5.36. The van der Waals surface area contributed by atoms with Gasteiger partial charge in [0.05, 0.1) is 7.11 Å². The Balaban J connectivity index is 1.81. The summed E-state index contributed by atoms with van der Waals surface area (Å²) in [6.45, 7) is 6.64. The van der Waals surface area contributed by atoms with Gasteiger partial charge in [-0.15, -0.1) is 0 Å². The third-order valence-corrected chi connectivity index (χ3v) is 3.79. The SMILES string of the molecule is CCN1CCCC1CNCc1ccccc1OC. The highest BCUT2D eigenvalue weighted by molar-refractivity contribution is 5.32. The van der Waals surface area contributed by atoms with Crippen molar-refractivity contribution in [2.45, 2.75) is 32.4 Å². The van der Waals surface area contributed by atoms with E-state index in [9.17, 15) is 0 Å². The number of likely N-dealkylation sites (N-methyl/N-ethyl adjacent to an activating group) is 1. The van der Waals surface area contributed by atoms with Crippen molar-refractivity contribution < 1.29 is 4.74 Å². The smallest absolute Gasteiger partial charge is 0.123 e. The van der Waals surface area contributed by atoms with Gasteiger partial charge in [-0.25, -0.2) is 0 Å². The number of benzene rings is 1. The van der Waals surface area contributed by atoms with Crippen molar-refractivity contribution in [3.8, 4) is 5.75 Å². The Kier molecular flexibility index (Phi) is 5.02. The third kappa shape index (κ3) is 3.24. The summed E-state index contributed by atoms with van der Waals surface area (Å²) in [6.07, 6.45) is 2.67. The van der Waals surface area contributed by atoms with Gasteiger partial charge in [-0.1, -0.05) is 25.1 Å². The lowest BCUT2D eigenvalue weighted by Gasteiger charge is -2.23. The molecule has 0 saturated carbocycles. The van der Waals surface area contributed by atoms with Crippen molar-refractivity contribution in [3.05, 3.63) is 29.8 Å². The first-order valence-electron chi connectivity index (χ1n) is 6.91. The van der Waals surface area contributed by atoms with Gasteiger partial charge < -0.3 is 10.1 Å². The molecule has 1 aliphatic rings. The number of rotatable bonds is 6. The van der Waals surface area contributed by atoms with Crippen molar-refractivity contribution in [1.29, 1.82) is 0 Å². The molecule has 1 N–H and O–H groups in total. The van der Waals surface area contributed by atoms with Gasteiger partial charge in [-0.2, -0.15) is 0 Å². The summed E-state index contributed by atoms with van der Waals surface area (Å²) in [6, 6.07) is 8.93. The number of para-hydroxylation sites is 1. The van der Waals surface area contributed by atoms with Gasteiger partial charge in [0.25, 0.3) is 0 Å². The Bertz CT molecular complexity index is 367. The van der Waals surface area contributed by atoms with Crippen molar-refractivity contribution in [3.63, 3.8) is 0 Å². The van der Waals surface area contributed by atoms with E-state index in [1.807, 2.05) is 12.1 Å². The molecule has 3 nitrogen and oxygen atoms in total. The zero-order valence-corrected chi connectivity index (χ0v) is 11.5. The molecule has 1 unspecified atom stereocenters. The topological polar surface area (TPSA) is 24.5 Å². The van der Waals surface area contributed by atoms with Crippen LogP contribution in [0, 0.1) is 0 Å². The number of methoxy groups -OCH3 is 1. The average Bonchev–Trinajstić information content (AvgIpc) is 2.87. The molecule has 1 aliphatic heterocycles. The molecule has 0 aromatic heterocycles. The number of hydrogen-bond acceptors (Lipinski definition) is 3. The highest BCUT2D eigenvalue weighted by atomic mass is 16.5. The Hall–Kier alpha value is -1.06. The Morgan fingerprint density at radius 1 is 1.39 bits per heavy atom. The monoisotopic (exact) mass is 248 g/mol. The molecule has 1 fully saturated rings. The standard InChI is InChI=1S/C15H24N2O/c1-3-17-10-6-8-14(17)12-16-11-13-7-4-5-9-15(13)18-2/h4-5,7,9,14,16H,3,6,8,10-12H2,1-2H3. The summed E-state index contributed by atoms with van der Waals surface area (Å²) in [5.74, 6) is 0.976. The van der Waals surface area contributed by atoms with E-state index in [-0.39, 0.29) is 0 Å². The van der Waals surface area contributed by atoms with Crippen LogP contribution >= 0.6 is 0 Å². The average molecular weight is 248 g/mol. The number of nitrogens with zero attached hydrogens (tertiary/aromatic N) is 1. The van der Waals surface area contributed by atoms with Crippen LogP contribution in [0.25, 0.3) is 0 Å². The number of hydrogen-bond donors (Lipinski definition) is 1. The molecular weight excluding hydrogens is 224 g/mol. The molecule has 1 heterocycles. The fourth-order valence-electron chi connectivity index (χ4n) is 2.77. The maximum Gasteiger partial charge on any atom is 0.123 e. The lowest BCUT2D eigenvalue weighted by molar-refractivity contribution is 0.259. The van der Waals surface area contributed by atoms with Crippen LogP contribution in [0.4, 0.5) is 0 Å². The first-order chi connectivity index (χ1) is 8.85. The molecule has 1 atom stereocenters. The predicted octanol–water partition coefficient (Wildman–Crippen LogP) is 2.27. The van der Waals surface area contributed by atoms with Gasteiger partial charge in [-0.3, -0.25) is 4.90 Å². The minimum atomic E-state index is 0.713. The molecule has 0 amide bonds. The fourth-order valence-corrected chi connectivity index (χ4v) is 2.77. The lowest BCUT2D eigenvalue weighted by Crippen LogP contribution is -2.37. The van der Waals surface area contributed by atoms with Gasteiger partial charge >= 0.3 is 0 Å². The highest BCUT2D eigenvalue weighted by Crippen LogP contribution is 2.18. The molecule has 18 heavy (non-hydrogen) atoms. The highest BCUT2D eigenvalue weighted by Gasteiger charge is 2.22. The zero-order valence-electron chi connectivity index (χ0n) is 11.5. The molecule has 3 heteroatoms. The van der Waals surface area contributed by atoms with E-state index in [4.69, 9.17) is 4.74 Å². The van der Waals surface area contributed by atoms with Crippen LogP contribution in [0.2, 0.25) is 0 Å². The minimum Gasteiger partial charge on any atom is -0.496 e. The normalized spacial score (nSPS) is 20.2. The van der Waals surface area contributed by atoms with E-state index in [0.717, 1.165) is 18.8 Å². The van der Waals surface area contributed by atoms with Crippen molar-refractivity contribution in [1.82, 2.24) is 10.2 Å². The quantitative estimate of drug-likeness (QED) is 0.836. The molecule has 0 radical (unpaired) electrons. The summed E-state index contributed by atoms with van der Waals surface area (Å²) in [5, 5.41) is 3.56. The van der Waals surface area contributed by atoms with Crippen LogP contribution in [0.1, 0.15) is 25.3 Å². The van der Waals surface area contributed by atoms with Crippen molar-refractivity contribution >= 4 is 0 Å². The summed E-state index contributed by atoms with van der Waals surface area (Å²) in [7, 11) is 1.73. The third-order valence-electron chi connectivity index (χ3n) is 3.79. The summed E-state index contributed by atoms with van der Waals surface area (Å²) < 4.78 is 5.36.